The molecule has 0 spiro atoms. The van der Waals surface area contributed by atoms with E-state index in [1.807, 2.05) is 12.3 Å². The summed E-state index contributed by atoms with van der Waals surface area (Å²) in [5.74, 6) is 0. The Morgan fingerprint density at radius 1 is 1.38 bits per heavy atom. The maximum Gasteiger partial charge on any atom is 0.185 e. The highest BCUT2D eigenvalue weighted by atomic mass is 32.1. The van der Waals surface area contributed by atoms with Crippen molar-refractivity contribution in [2.45, 2.75) is 19.4 Å². The SMILES string of the molecule is CC(N)c1csc(N(C)CCCN(C)C)n1. The lowest BCUT2D eigenvalue weighted by Gasteiger charge is -2.17. The molecule has 0 radical (unpaired) electrons. The first-order chi connectivity index (χ1) is 7.50. The molecule has 92 valence electrons. The minimum atomic E-state index is 0.0279. The van der Waals surface area contributed by atoms with Crippen LogP contribution in [0.25, 0.3) is 0 Å². The third-order valence-electron chi connectivity index (χ3n) is 2.40. The van der Waals surface area contributed by atoms with Gasteiger partial charge in [-0.1, -0.05) is 0 Å². The maximum absolute atomic E-state index is 5.79. The summed E-state index contributed by atoms with van der Waals surface area (Å²) in [6, 6.07) is 0.0279. The van der Waals surface area contributed by atoms with Crippen LogP contribution in [-0.4, -0.2) is 44.1 Å². The van der Waals surface area contributed by atoms with Crippen LogP contribution in [0.1, 0.15) is 25.1 Å². The zero-order valence-electron chi connectivity index (χ0n) is 10.6. The highest BCUT2D eigenvalue weighted by Crippen LogP contribution is 2.22. The number of nitrogens with two attached hydrogens (primary N) is 1. The molecule has 0 aliphatic heterocycles. The molecule has 1 aromatic heterocycles. The summed E-state index contributed by atoms with van der Waals surface area (Å²) in [4.78, 5) is 8.91. The Kier molecular flexibility index (Phi) is 5.18. The first-order valence-electron chi connectivity index (χ1n) is 5.57. The van der Waals surface area contributed by atoms with Crippen molar-refractivity contribution in [2.75, 3.05) is 39.1 Å². The van der Waals surface area contributed by atoms with E-state index in [1.54, 1.807) is 11.3 Å². The number of aromatic nitrogens is 1. The standard InChI is InChI=1S/C11H22N4S/c1-9(12)10-8-16-11(13-10)15(4)7-5-6-14(2)3/h8-9H,5-7,12H2,1-4H3. The van der Waals surface area contributed by atoms with E-state index in [4.69, 9.17) is 5.73 Å². The highest BCUT2D eigenvalue weighted by Gasteiger charge is 2.09. The number of anilines is 1. The number of nitrogens with zero attached hydrogens (tertiary/aromatic N) is 3. The number of thiazole rings is 1. The number of rotatable bonds is 6. The summed E-state index contributed by atoms with van der Waals surface area (Å²) >= 11 is 1.67. The molecule has 0 bridgehead atoms. The smallest absolute Gasteiger partial charge is 0.185 e. The van der Waals surface area contributed by atoms with E-state index >= 15 is 0 Å². The van der Waals surface area contributed by atoms with Crippen LogP contribution >= 0.6 is 11.3 Å². The highest BCUT2D eigenvalue weighted by molar-refractivity contribution is 7.13. The third kappa shape index (κ3) is 4.08. The quantitative estimate of drug-likeness (QED) is 0.822. The number of hydrogen-bond acceptors (Lipinski definition) is 5. The molecule has 4 nitrogen and oxygen atoms in total. The summed E-state index contributed by atoms with van der Waals surface area (Å²) in [7, 11) is 6.27. The van der Waals surface area contributed by atoms with E-state index in [1.165, 1.54) is 0 Å². The normalized spacial score (nSPS) is 13.1. The number of hydrogen-bond donors (Lipinski definition) is 1. The van der Waals surface area contributed by atoms with Gasteiger partial charge in [0, 0.05) is 25.0 Å². The van der Waals surface area contributed by atoms with Gasteiger partial charge in [-0.2, -0.15) is 0 Å². The van der Waals surface area contributed by atoms with Crippen LogP contribution in [0.3, 0.4) is 0 Å². The van der Waals surface area contributed by atoms with E-state index in [0.29, 0.717) is 0 Å². The first kappa shape index (κ1) is 13.4. The fourth-order valence-corrected chi connectivity index (χ4v) is 2.30. The van der Waals surface area contributed by atoms with Crippen molar-refractivity contribution in [1.82, 2.24) is 9.88 Å². The molecule has 1 aromatic rings. The second-order valence-electron chi connectivity index (χ2n) is 4.42. The second kappa shape index (κ2) is 6.18. The van der Waals surface area contributed by atoms with Gasteiger partial charge >= 0.3 is 0 Å². The molecule has 1 heterocycles. The second-order valence-corrected chi connectivity index (χ2v) is 5.26. The molecule has 2 N–H and O–H groups in total. The van der Waals surface area contributed by atoms with Crippen LogP contribution in [-0.2, 0) is 0 Å². The van der Waals surface area contributed by atoms with Crippen molar-refractivity contribution >= 4 is 16.5 Å². The van der Waals surface area contributed by atoms with Crippen LogP contribution in [0.4, 0.5) is 5.13 Å². The van der Waals surface area contributed by atoms with Gasteiger partial charge in [0.05, 0.1) is 5.69 Å². The molecule has 1 atom stereocenters. The summed E-state index contributed by atoms with van der Waals surface area (Å²) in [5.41, 5.74) is 6.77. The maximum atomic E-state index is 5.79. The molecular weight excluding hydrogens is 220 g/mol. The zero-order chi connectivity index (χ0) is 12.1. The molecule has 0 amide bonds. The molecule has 5 heteroatoms. The molecule has 1 unspecified atom stereocenters. The molecule has 0 saturated heterocycles. The lowest BCUT2D eigenvalue weighted by atomic mass is 10.3. The predicted molar refractivity (Wildman–Crippen MR) is 71.2 cm³/mol. The van der Waals surface area contributed by atoms with Gasteiger partial charge in [0.25, 0.3) is 0 Å². The Labute approximate surface area is 102 Å². The van der Waals surface area contributed by atoms with Crippen LogP contribution in [0, 0.1) is 0 Å². The van der Waals surface area contributed by atoms with Crippen molar-refractivity contribution in [3.8, 4) is 0 Å². The molecule has 0 aromatic carbocycles. The molecular formula is C11H22N4S. The summed E-state index contributed by atoms with van der Waals surface area (Å²) in [6.07, 6.45) is 1.15. The van der Waals surface area contributed by atoms with Crippen LogP contribution in [0.2, 0.25) is 0 Å². The van der Waals surface area contributed by atoms with Crippen molar-refractivity contribution in [3.05, 3.63) is 11.1 Å². The van der Waals surface area contributed by atoms with Crippen LogP contribution in [0.15, 0.2) is 5.38 Å². The molecule has 0 aliphatic rings. The molecule has 0 fully saturated rings. The predicted octanol–water partition coefficient (Wildman–Crippen LogP) is 1.55. The van der Waals surface area contributed by atoms with E-state index in [0.717, 1.165) is 30.3 Å². The zero-order valence-corrected chi connectivity index (χ0v) is 11.4. The molecule has 0 aliphatic carbocycles. The molecule has 0 saturated carbocycles. The van der Waals surface area contributed by atoms with E-state index < -0.39 is 0 Å². The van der Waals surface area contributed by atoms with Gasteiger partial charge in [0.1, 0.15) is 0 Å². The summed E-state index contributed by atoms with van der Waals surface area (Å²) in [5, 5.41) is 3.11. The summed E-state index contributed by atoms with van der Waals surface area (Å²) < 4.78 is 0. The van der Waals surface area contributed by atoms with E-state index in [-0.39, 0.29) is 6.04 Å². The third-order valence-corrected chi connectivity index (χ3v) is 3.37. The Morgan fingerprint density at radius 2 is 2.06 bits per heavy atom. The van der Waals surface area contributed by atoms with Gasteiger partial charge in [-0.25, -0.2) is 4.98 Å². The molecule has 1 rings (SSSR count). The largest absolute Gasteiger partial charge is 0.351 e. The average Bonchev–Trinajstić information content (AvgIpc) is 2.65. The van der Waals surface area contributed by atoms with Gasteiger partial charge in [-0.05, 0) is 34.0 Å². The van der Waals surface area contributed by atoms with Crippen molar-refractivity contribution < 1.29 is 0 Å². The van der Waals surface area contributed by atoms with Crippen molar-refractivity contribution in [3.63, 3.8) is 0 Å². The fourth-order valence-electron chi connectivity index (χ4n) is 1.38. The van der Waals surface area contributed by atoms with E-state index in [2.05, 4.69) is 35.9 Å². The minimum Gasteiger partial charge on any atom is -0.351 e. The lowest BCUT2D eigenvalue weighted by molar-refractivity contribution is 0.401. The Bertz CT molecular complexity index is 309. The van der Waals surface area contributed by atoms with Crippen LogP contribution < -0.4 is 10.6 Å². The van der Waals surface area contributed by atoms with Gasteiger partial charge in [-0.3, -0.25) is 0 Å². The van der Waals surface area contributed by atoms with Gasteiger partial charge in [0.15, 0.2) is 5.13 Å². The minimum absolute atomic E-state index is 0.0279. The summed E-state index contributed by atoms with van der Waals surface area (Å²) in [6.45, 7) is 4.10. The Balaban J connectivity index is 2.43. The van der Waals surface area contributed by atoms with Crippen molar-refractivity contribution in [1.29, 1.82) is 0 Å². The monoisotopic (exact) mass is 242 g/mol. The topological polar surface area (TPSA) is 45.4 Å². The van der Waals surface area contributed by atoms with Gasteiger partial charge < -0.3 is 15.5 Å². The van der Waals surface area contributed by atoms with Crippen LogP contribution in [0.5, 0.6) is 0 Å². The lowest BCUT2D eigenvalue weighted by Crippen LogP contribution is -2.23. The Hall–Kier alpha value is -0.650. The van der Waals surface area contributed by atoms with Gasteiger partial charge in [-0.15, -0.1) is 11.3 Å². The fraction of sp³-hybridized carbons (Fsp3) is 0.727. The Morgan fingerprint density at radius 3 is 2.56 bits per heavy atom. The average molecular weight is 242 g/mol. The van der Waals surface area contributed by atoms with Crippen molar-refractivity contribution in [2.24, 2.45) is 5.73 Å². The van der Waals surface area contributed by atoms with E-state index in [9.17, 15) is 0 Å². The first-order valence-corrected chi connectivity index (χ1v) is 6.45. The van der Waals surface area contributed by atoms with Gasteiger partial charge in [0.2, 0.25) is 0 Å². The molecule has 16 heavy (non-hydrogen) atoms.